The highest BCUT2D eigenvalue weighted by molar-refractivity contribution is 6.40. The number of ether oxygens (including phenoxy) is 1. The maximum atomic E-state index is 13.4. The summed E-state index contributed by atoms with van der Waals surface area (Å²) in [4.78, 5) is 12.7. The number of nitrogens with zero attached hydrogens (tertiary/aromatic N) is 2. The normalized spacial score (nSPS) is 10.8. The number of amides is 1. The van der Waals surface area contributed by atoms with E-state index in [4.69, 9.17) is 39.5 Å². The summed E-state index contributed by atoms with van der Waals surface area (Å²) >= 11 is 18.2. The van der Waals surface area contributed by atoms with Crippen molar-refractivity contribution in [3.8, 4) is 5.75 Å². The standard InChI is InChI=1S/C24H17Cl3FN3O2/c25-18-11-20(26)23(21(27)12-18)33-14-16-4-1-5-17(9-16)24(32)29-22-7-8-31(30-22)13-15-3-2-6-19(28)10-15/h1-12H,13-14H2,(H,29,30,32). The number of aromatic nitrogens is 2. The van der Waals surface area contributed by atoms with Crippen molar-refractivity contribution in [3.63, 3.8) is 0 Å². The van der Waals surface area contributed by atoms with E-state index in [-0.39, 0.29) is 18.3 Å². The van der Waals surface area contributed by atoms with Gasteiger partial charge in [0.1, 0.15) is 12.4 Å². The molecule has 0 bridgehead atoms. The van der Waals surface area contributed by atoms with Crippen LogP contribution in [0.25, 0.3) is 0 Å². The number of carbonyl (C=O) groups is 1. The molecule has 1 aromatic heterocycles. The number of carbonyl (C=O) groups excluding carboxylic acids is 1. The van der Waals surface area contributed by atoms with Crippen LogP contribution < -0.4 is 10.1 Å². The van der Waals surface area contributed by atoms with E-state index in [1.54, 1.807) is 59.4 Å². The van der Waals surface area contributed by atoms with Crippen LogP contribution in [-0.2, 0) is 13.2 Å². The Hall–Kier alpha value is -3.06. The fourth-order valence-corrected chi connectivity index (χ4v) is 4.08. The molecule has 3 aromatic carbocycles. The lowest BCUT2D eigenvalue weighted by Gasteiger charge is -2.11. The minimum absolute atomic E-state index is 0.157. The van der Waals surface area contributed by atoms with Gasteiger partial charge in [-0.3, -0.25) is 9.48 Å². The third-order valence-corrected chi connectivity index (χ3v) is 5.43. The first-order valence-electron chi connectivity index (χ1n) is 9.83. The predicted molar refractivity (Wildman–Crippen MR) is 128 cm³/mol. The van der Waals surface area contributed by atoms with Crippen LogP contribution in [0, 0.1) is 5.82 Å². The van der Waals surface area contributed by atoms with Gasteiger partial charge in [-0.25, -0.2) is 4.39 Å². The van der Waals surface area contributed by atoms with Crippen LogP contribution in [0.15, 0.2) is 72.9 Å². The molecule has 0 atom stereocenters. The monoisotopic (exact) mass is 503 g/mol. The van der Waals surface area contributed by atoms with Gasteiger partial charge in [-0.05, 0) is 47.5 Å². The van der Waals surface area contributed by atoms with E-state index >= 15 is 0 Å². The molecule has 4 rings (SSSR count). The average Bonchev–Trinajstić information content (AvgIpc) is 3.19. The Kier molecular flexibility index (Phi) is 7.18. The third kappa shape index (κ3) is 6.05. The molecule has 0 aliphatic heterocycles. The summed E-state index contributed by atoms with van der Waals surface area (Å²) in [5, 5.41) is 8.10. The second kappa shape index (κ2) is 10.3. The van der Waals surface area contributed by atoms with Crippen LogP contribution in [0.1, 0.15) is 21.5 Å². The molecule has 4 aromatic rings. The van der Waals surface area contributed by atoms with Crippen molar-refractivity contribution in [3.05, 3.63) is 111 Å². The Morgan fingerprint density at radius 2 is 1.70 bits per heavy atom. The van der Waals surface area contributed by atoms with Crippen LogP contribution in [0.5, 0.6) is 5.75 Å². The van der Waals surface area contributed by atoms with Crippen LogP contribution in [0.2, 0.25) is 15.1 Å². The summed E-state index contributed by atoms with van der Waals surface area (Å²) in [6.45, 7) is 0.542. The van der Waals surface area contributed by atoms with Crippen molar-refractivity contribution in [2.75, 3.05) is 5.32 Å². The molecule has 9 heteroatoms. The first-order valence-corrected chi connectivity index (χ1v) is 11.0. The Morgan fingerprint density at radius 1 is 0.970 bits per heavy atom. The summed E-state index contributed by atoms with van der Waals surface area (Å²) in [5.74, 6) is 0.0762. The van der Waals surface area contributed by atoms with Crippen LogP contribution in [0.4, 0.5) is 10.2 Å². The van der Waals surface area contributed by atoms with E-state index < -0.39 is 0 Å². The van der Waals surface area contributed by atoms with Crippen LogP contribution >= 0.6 is 34.8 Å². The van der Waals surface area contributed by atoms with Gasteiger partial charge >= 0.3 is 0 Å². The van der Waals surface area contributed by atoms with E-state index in [1.807, 2.05) is 6.07 Å². The fourth-order valence-electron chi connectivity index (χ4n) is 3.15. The van der Waals surface area contributed by atoms with Crippen molar-refractivity contribution in [2.24, 2.45) is 0 Å². The highest BCUT2D eigenvalue weighted by Crippen LogP contribution is 2.36. The summed E-state index contributed by atoms with van der Waals surface area (Å²) < 4.78 is 20.7. The maximum absolute atomic E-state index is 13.4. The Bertz CT molecular complexity index is 1290. The quantitative estimate of drug-likeness (QED) is 0.299. The molecular weight excluding hydrogens is 488 g/mol. The minimum Gasteiger partial charge on any atom is -0.486 e. The van der Waals surface area contributed by atoms with Crippen LogP contribution in [-0.4, -0.2) is 15.7 Å². The van der Waals surface area contributed by atoms with Crippen molar-refractivity contribution in [2.45, 2.75) is 13.2 Å². The van der Waals surface area contributed by atoms with E-state index in [0.717, 1.165) is 11.1 Å². The summed E-state index contributed by atoms with van der Waals surface area (Å²) in [5.41, 5.74) is 1.95. The van der Waals surface area contributed by atoms with Gasteiger partial charge in [0.05, 0.1) is 16.6 Å². The van der Waals surface area contributed by atoms with E-state index in [9.17, 15) is 9.18 Å². The molecule has 1 N–H and O–H groups in total. The third-order valence-electron chi connectivity index (χ3n) is 4.65. The summed E-state index contributed by atoms with van der Waals surface area (Å²) in [7, 11) is 0. The van der Waals surface area contributed by atoms with Crippen molar-refractivity contribution in [1.82, 2.24) is 9.78 Å². The fraction of sp³-hybridized carbons (Fsp3) is 0.0833. The number of rotatable bonds is 7. The largest absolute Gasteiger partial charge is 0.486 e. The van der Waals surface area contributed by atoms with Gasteiger partial charge in [-0.15, -0.1) is 0 Å². The summed E-state index contributed by atoms with van der Waals surface area (Å²) in [6, 6.07) is 18.0. The molecule has 1 amide bonds. The molecular formula is C24H17Cl3FN3O2. The second-order valence-corrected chi connectivity index (χ2v) is 8.42. The second-order valence-electron chi connectivity index (χ2n) is 7.17. The lowest BCUT2D eigenvalue weighted by molar-refractivity contribution is 0.102. The molecule has 168 valence electrons. The molecule has 0 aliphatic carbocycles. The van der Waals surface area contributed by atoms with E-state index in [0.29, 0.717) is 38.7 Å². The van der Waals surface area contributed by atoms with Gasteiger partial charge in [0.2, 0.25) is 0 Å². The number of anilines is 1. The first-order chi connectivity index (χ1) is 15.9. The maximum Gasteiger partial charge on any atom is 0.256 e. The zero-order valence-electron chi connectivity index (χ0n) is 17.1. The van der Waals surface area contributed by atoms with Gasteiger partial charge in [0, 0.05) is 22.8 Å². The van der Waals surface area contributed by atoms with Gasteiger partial charge in [-0.2, -0.15) is 5.10 Å². The van der Waals surface area contributed by atoms with Gasteiger partial charge in [-0.1, -0.05) is 59.1 Å². The highest BCUT2D eigenvalue weighted by atomic mass is 35.5. The zero-order valence-corrected chi connectivity index (χ0v) is 19.3. The lowest BCUT2D eigenvalue weighted by Crippen LogP contribution is -2.13. The van der Waals surface area contributed by atoms with Crippen LogP contribution in [0.3, 0.4) is 0 Å². The molecule has 0 spiro atoms. The number of halogens is 4. The zero-order chi connectivity index (χ0) is 23.4. The smallest absolute Gasteiger partial charge is 0.256 e. The first kappa shape index (κ1) is 23.1. The number of hydrogen-bond donors (Lipinski definition) is 1. The van der Waals surface area contributed by atoms with Crippen molar-refractivity contribution in [1.29, 1.82) is 0 Å². The molecule has 1 heterocycles. The van der Waals surface area contributed by atoms with E-state index in [2.05, 4.69) is 10.4 Å². The average molecular weight is 505 g/mol. The molecule has 33 heavy (non-hydrogen) atoms. The Labute approximate surface area is 204 Å². The van der Waals surface area contributed by atoms with Gasteiger partial charge < -0.3 is 10.1 Å². The molecule has 5 nitrogen and oxygen atoms in total. The van der Waals surface area contributed by atoms with E-state index in [1.165, 1.54) is 12.1 Å². The Morgan fingerprint density at radius 3 is 2.45 bits per heavy atom. The number of benzene rings is 3. The lowest BCUT2D eigenvalue weighted by atomic mass is 10.1. The topological polar surface area (TPSA) is 56.2 Å². The van der Waals surface area contributed by atoms with Gasteiger partial charge in [0.25, 0.3) is 5.91 Å². The predicted octanol–water partition coefficient (Wildman–Crippen LogP) is 6.86. The molecule has 0 fully saturated rings. The van der Waals surface area contributed by atoms with Gasteiger partial charge in [0.15, 0.2) is 11.6 Å². The van der Waals surface area contributed by atoms with Crippen molar-refractivity contribution < 1.29 is 13.9 Å². The SMILES string of the molecule is O=C(Nc1ccn(Cc2cccc(F)c2)n1)c1cccc(COc2c(Cl)cc(Cl)cc2Cl)c1. The van der Waals surface area contributed by atoms with Crippen molar-refractivity contribution >= 4 is 46.5 Å². The molecule has 0 aliphatic rings. The molecule has 0 radical (unpaired) electrons. The molecule has 0 saturated carbocycles. The number of nitrogens with one attached hydrogen (secondary N) is 1. The minimum atomic E-state index is -0.324. The molecule has 0 unspecified atom stereocenters. The summed E-state index contributed by atoms with van der Waals surface area (Å²) in [6.07, 6.45) is 1.71. The molecule has 0 saturated heterocycles. The highest BCUT2D eigenvalue weighted by Gasteiger charge is 2.12. The Balaban J connectivity index is 1.39. The number of hydrogen-bond acceptors (Lipinski definition) is 3.